The van der Waals surface area contributed by atoms with Crippen LogP contribution in [0.15, 0.2) is 17.9 Å². The number of esters is 1. The first-order valence-corrected chi connectivity index (χ1v) is 3.70. The van der Waals surface area contributed by atoms with Gasteiger partial charge in [-0.05, 0) is 5.92 Å². The quantitative estimate of drug-likeness (QED) is 0.505. The van der Waals surface area contributed by atoms with E-state index in [4.69, 9.17) is 0 Å². The average molecular weight is 170 g/mol. The zero-order valence-corrected chi connectivity index (χ0v) is 7.63. The molecule has 0 aliphatic heterocycles. The second-order valence-corrected chi connectivity index (χ2v) is 2.71. The fourth-order valence-electron chi connectivity index (χ4n) is 0.855. The minimum Gasteiger partial charge on any atom is -0.467 e. The van der Waals surface area contributed by atoms with E-state index in [1.807, 2.05) is 13.8 Å². The number of aliphatic hydroxyl groups is 1. The third-order valence-electron chi connectivity index (χ3n) is 1.55. The van der Waals surface area contributed by atoms with Gasteiger partial charge in [0.2, 0.25) is 0 Å². The third kappa shape index (κ3) is 2.53. The molecule has 0 aromatic heterocycles. The van der Waals surface area contributed by atoms with Crippen LogP contribution in [0.1, 0.15) is 13.8 Å². The lowest BCUT2D eigenvalue weighted by Crippen LogP contribution is -2.26. The van der Waals surface area contributed by atoms with Crippen LogP contribution < -0.4 is 0 Å². The molecule has 0 aliphatic rings. The highest BCUT2D eigenvalue weighted by molar-refractivity contribution is 5.77. The zero-order valence-electron chi connectivity index (χ0n) is 7.63. The predicted octanol–water partition coefficient (Wildman–Crippen LogP) is 0.888. The molecule has 68 valence electrons. The molecule has 0 unspecified atom stereocenters. The first-order chi connectivity index (χ1) is 5.54. The highest BCUT2D eigenvalue weighted by Gasteiger charge is 2.22. The molecule has 0 saturated heterocycles. The Bertz CT molecular complexity index is 212. The lowest BCUT2D eigenvalue weighted by atomic mass is 9.99. The van der Waals surface area contributed by atoms with Crippen LogP contribution in [-0.4, -0.2) is 24.3 Å². The predicted molar refractivity (Wildman–Crippen MR) is 45.5 cm³/mol. The molecule has 0 heterocycles. The maximum absolute atomic E-state index is 10.9. The van der Waals surface area contributed by atoms with Crippen molar-refractivity contribution in [3.63, 3.8) is 0 Å². The number of carbonyl (C=O) groups excluding carboxylic acids is 1. The molecule has 12 heavy (non-hydrogen) atoms. The molecule has 0 aromatic rings. The molecule has 0 aromatic carbocycles. The van der Waals surface area contributed by atoms with E-state index in [0.717, 1.165) is 0 Å². The SMILES string of the molecule is C=C=C(C(C)C)[C@@H](O)C(=O)OC. The van der Waals surface area contributed by atoms with Gasteiger partial charge >= 0.3 is 5.97 Å². The van der Waals surface area contributed by atoms with Crippen LogP contribution in [-0.2, 0) is 9.53 Å². The summed E-state index contributed by atoms with van der Waals surface area (Å²) in [6.45, 7) is 7.08. The average Bonchev–Trinajstić information content (AvgIpc) is 2.03. The first kappa shape index (κ1) is 11.0. The summed E-state index contributed by atoms with van der Waals surface area (Å²) in [6, 6.07) is 0. The topological polar surface area (TPSA) is 46.5 Å². The summed E-state index contributed by atoms with van der Waals surface area (Å²) in [5, 5.41) is 9.33. The van der Waals surface area contributed by atoms with Gasteiger partial charge in [0, 0.05) is 5.57 Å². The Kier molecular flexibility index (Phi) is 4.34. The molecule has 0 spiro atoms. The first-order valence-electron chi connectivity index (χ1n) is 3.70. The molecule has 0 saturated carbocycles. The van der Waals surface area contributed by atoms with Gasteiger partial charge in [-0.3, -0.25) is 0 Å². The minimum atomic E-state index is -1.23. The molecule has 3 heteroatoms. The second kappa shape index (κ2) is 4.75. The number of carbonyl (C=O) groups is 1. The molecule has 0 fully saturated rings. The number of hydrogen-bond donors (Lipinski definition) is 1. The van der Waals surface area contributed by atoms with Gasteiger partial charge in [-0.15, -0.1) is 5.73 Å². The number of ether oxygens (including phenoxy) is 1. The van der Waals surface area contributed by atoms with Crippen molar-refractivity contribution in [3.05, 3.63) is 17.9 Å². The van der Waals surface area contributed by atoms with E-state index in [1.54, 1.807) is 0 Å². The van der Waals surface area contributed by atoms with E-state index >= 15 is 0 Å². The highest BCUT2D eigenvalue weighted by atomic mass is 16.5. The van der Waals surface area contributed by atoms with Gasteiger partial charge in [-0.1, -0.05) is 20.4 Å². The van der Waals surface area contributed by atoms with Gasteiger partial charge in [0.15, 0.2) is 6.10 Å². The van der Waals surface area contributed by atoms with Gasteiger partial charge in [0.25, 0.3) is 0 Å². The Hall–Kier alpha value is -1.05. The number of rotatable bonds is 3. The largest absolute Gasteiger partial charge is 0.467 e. The van der Waals surface area contributed by atoms with E-state index in [-0.39, 0.29) is 5.92 Å². The van der Waals surface area contributed by atoms with Crippen LogP contribution in [0.2, 0.25) is 0 Å². The zero-order chi connectivity index (χ0) is 9.72. The molecule has 0 radical (unpaired) electrons. The molecule has 0 rings (SSSR count). The third-order valence-corrected chi connectivity index (χ3v) is 1.55. The Labute approximate surface area is 72.3 Å². The van der Waals surface area contributed by atoms with Crippen molar-refractivity contribution in [1.29, 1.82) is 0 Å². The molecule has 0 amide bonds. The molecule has 1 atom stereocenters. The standard InChI is InChI=1S/C9H14O3/c1-5-7(6(2)3)8(10)9(11)12-4/h6,8,10H,1H2,2-4H3/t8-/m1/s1. The van der Waals surface area contributed by atoms with Gasteiger partial charge in [-0.2, -0.15) is 0 Å². The van der Waals surface area contributed by atoms with Crippen molar-refractivity contribution in [2.75, 3.05) is 7.11 Å². The van der Waals surface area contributed by atoms with E-state index < -0.39 is 12.1 Å². The molecular formula is C9H14O3. The molecule has 0 aliphatic carbocycles. The van der Waals surface area contributed by atoms with Gasteiger partial charge in [0.05, 0.1) is 7.11 Å². The Morgan fingerprint density at radius 1 is 1.58 bits per heavy atom. The van der Waals surface area contributed by atoms with Crippen molar-refractivity contribution in [3.8, 4) is 0 Å². The molecule has 0 bridgehead atoms. The van der Waals surface area contributed by atoms with Crippen LogP contribution in [0.4, 0.5) is 0 Å². The Morgan fingerprint density at radius 3 is 2.33 bits per heavy atom. The van der Waals surface area contributed by atoms with Crippen LogP contribution >= 0.6 is 0 Å². The van der Waals surface area contributed by atoms with Crippen molar-refractivity contribution >= 4 is 5.97 Å². The fraction of sp³-hybridized carbons (Fsp3) is 0.556. The van der Waals surface area contributed by atoms with Crippen LogP contribution in [0.5, 0.6) is 0 Å². The molecular weight excluding hydrogens is 156 g/mol. The van der Waals surface area contributed by atoms with E-state index in [2.05, 4.69) is 17.0 Å². The maximum atomic E-state index is 10.9. The summed E-state index contributed by atoms with van der Waals surface area (Å²) in [5.41, 5.74) is 2.99. The lowest BCUT2D eigenvalue weighted by Gasteiger charge is -2.13. The number of aliphatic hydroxyl groups excluding tert-OH is 1. The summed E-state index contributed by atoms with van der Waals surface area (Å²) >= 11 is 0. The van der Waals surface area contributed by atoms with Crippen molar-refractivity contribution in [2.24, 2.45) is 5.92 Å². The molecule has 1 N–H and O–H groups in total. The summed E-state index contributed by atoms with van der Waals surface area (Å²) in [4.78, 5) is 10.9. The summed E-state index contributed by atoms with van der Waals surface area (Å²) in [7, 11) is 1.23. The summed E-state index contributed by atoms with van der Waals surface area (Å²) in [5.74, 6) is -0.633. The number of hydrogen-bond acceptors (Lipinski definition) is 3. The van der Waals surface area contributed by atoms with Crippen LogP contribution in [0.3, 0.4) is 0 Å². The lowest BCUT2D eigenvalue weighted by molar-refractivity contribution is -0.148. The Balaban J connectivity index is 4.55. The normalized spacial score (nSPS) is 12.1. The van der Waals surface area contributed by atoms with Gasteiger partial charge in [-0.25, -0.2) is 4.79 Å². The minimum absolute atomic E-state index is 0.0385. The summed E-state index contributed by atoms with van der Waals surface area (Å²) in [6.07, 6.45) is -1.23. The number of methoxy groups -OCH3 is 1. The maximum Gasteiger partial charge on any atom is 0.339 e. The van der Waals surface area contributed by atoms with Crippen LogP contribution in [0.25, 0.3) is 0 Å². The van der Waals surface area contributed by atoms with Gasteiger partial charge in [0.1, 0.15) is 0 Å². The fourth-order valence-corrected chi connectivity index (χ4v) is 0.855. The highest BCUT2D eigenvalue weighted by Crippen LogP contribution is 2.13. The smallest absolute Gasteiger partial charge is 0.339 e. The van der Waals surface area contributed by atoms with Crippen molar-refractivity contribution in [2.45, 2.75) is 20.0 Å². The van der Waals surface area contributed by atoms with Crippen molar-refractivity contribution in [1.82, 2.24) is 0 Å². The van der Waals surface area contributed by atoms with Crippen LogP contribution in [0, 0.1) is 5.92 Å². The molecule has 3 nitrogen and oxygen atoms in total. The van der Waals surface area contributed by atoms with E-state index in [0.29, 0.717) is 5.57 Å². The Morgan fingerprint density at radius 2 is 2.08 bits per heavy atom. The summed E-state index contributed by atoms with van der Waals surface area (Å²) < 4.78 is 4.37. The van der Waals surface area contributed by atoms with E-state index in [1.165, 1.54) is 7.11 Å². The van der Waals surface area contributed by atoms with E-state index in [9.17, 15) is 9.90 Å². The second-order valence-electron chi connectivity index (χ2n) is 2.71. The van der Waals surface area contributed by atoms with Crippen molar-refractivity contribution < 1.29 is 14.6 Å². The monoisotopic (exact) mass is 170 g/mol. The van der Waals surface area contributed by atoms with Gasteiger partial charge < -0.3 is 9.84 Å².